The van der Waals surface area contributed by atoms with Crippen molar-refractivity contribution in [3.05, 3.63) is 110 Å². The van der Waals surface area contributed by atoms with Crippen LogP contribution in [0.3, 0.4) is 0 Å². The third kappa shape index (κ3) is 28.2. The quantitative estimate of drug-likeness (QED) is 0.335. The second kappa shape index (κ2) is 25.9. The van der Waals surface area contributed by atoms with Crippen LogP contribution in [-0.4, -0.2) is 10.1 Å². The number of rotatable bonds is 2. The Labute approximate surface area is 154 Å². The Hall–Kier alpha value is -2.04. The number of allylic oxidation sites excluding steroid dienone is 4. The fraction of sp³-hybridized carbons (Fsp3) is 0.217. The van der Waals surface area contributed by atoms with Crippen molar-refractivity contribution in [1.82, 2.24) is 0 Å². The fourth-order valence-corrected chi connectivity index (χ4v) is 1.01. The van der Waals surface area contributed by atoms with Gasteiger partial charge < -0.3 is 6.92 Å². The normalized spacial score (nSPS) is 8.67. The Morgan fingerprint density at radius 2 is 1.50 bits per heavy atom. The predicted molar refractivity (Wildman–Crippen MR) is 110 cm³/mol. The monoisotopic (exact) mass is 315 g/mol. The second-order valence-electron chi connectivity index (χ2n) is 4.37. The van der Waals surface area contributed by atoms with E-state index >= 15 is 0 Å². The van der Waals surface area contributed by atoms with Crippen LogP contribution in [0, 0.1) is 26.0 Å². The largest absolute Gasteiger partial charge is 2.00 e. The van der Waals surface area contributed by atoms with Crippen molar-refractivity contribution < 1.29 is 0 Å². The maximum atomic E-state index is 3.72. The summed E-state index contributed by atoms with van der Waals surface area (Å²) < 4.78 is 0. The molecule has 126 valence electrons. The minimum Gasteiger partial charge on any atom is -0.343 e. The Morgan fingerprint density at radius 3 is 1.67 bits per heavy atom. The third-order valence-electron chi connectivity index (χ3n) is 2.23. The molecule has 0 nitrogen and oxygen atoms in total. The van der Waals surface area contributed by atoms with Crippen molar-refractivity contribution in [3.63, 3.8) is 0 Å². The smallest absolute Gasteiger partial charge is 0.343 e. The first kappa shape index (κ1) is 26.8. The van der Waals surface area contributed by atoms with E-state index in [4.69, 9.17) is 0 Å². The Balaban J connectivity index is -0.000000246. The molecule has 2 rings (SSSR count). The van der Waals surface area contributed by atoms with E-state index in [2.05, 4.69) is 32.9 Å². The molecule has 0 fully saturated rings. The molecule has 0 aliphatic rings. The van der Waals surface area contributed by atoms with Gasteiger partial charge in [0, 0.05) is 0 Å². The first-order chi connectivity index (χ1) is 11.2. The van der Waals surface area contributed by atoms with Crippen molar-refractivity contribution in [1.29, 1.82) is 0 Å². The summed E-state index contributed by atoms with van der Waals surface area (Å²) in [4.78, 5) is 0. The molecule has 0 spiro atoms. The van der Waals surface area contributed by atoms with Gasteiger partial charge in [-0.05, 0) is 0 Å². The average molecular weight is 316 g/mol. The van der Waals surface area contributed by atoms with Crippen LogP contribution in [-0.2, 0) is 0 Å². The van der Waals surface area contributed by atoms with Gasteiger partial charge in [-0.15, -0.1) is 19.1 Å². The summed E-state index contributed by atoms with van der Waals surface area (Å²) >= 11 is 0. The number of unbranched alkanes of at least 4 members (excludes halogenated alkanes) is 1. The van der Waals surface area contributed by atoms with Gasteiger partial charge in [0.05, 0.1) is 0 Å². The minimum atomic E-state index is 0. The summed E-state index contributed by atoms with van der Waals surface area (Å²) in [7, 11) is 0. The molecule has 0 aromatic heterocycles. The molecule has 2 aromatic rings. The van der Waals surface area contributed by atoms with Crippen LogP contribution in [0.1, 0.15) is 39.2 Å². The summed E-state index contributed by atoms with van der Waals surface area (Å²) in [6.45, 7) is 13.4. The van der Waals surface area contributed by atoms with E-state index in [1.807, 2.05) is 92.7 Å². The van der Waals surface area contributed by atoms with Crippen molar-refractivity contribution in [3.8, 4) is 0 Å². The molecule has 2 aromatic carbocycles. The Kier molecular flexibility index (Phi) is 28.9. The van der Waals surface area contributed by atoms with Crippen molar-refractivity contribution in [2.45, 2.75) is 33.6 Å². The van der Waals surface area contributed by atoms with E-state index in [1.54, 1.807) is 0 Å². The third-order valence-corrected chi connectivity index (χ3v) is 2.23. The van der Waals surface area contributed by atoms with E-state index in [-0.39, 0.29) is 10.1 Å². The number of hydrogen-bond acceptors (Lipinski definition) is 0. The molecule has 0 saturated carbocycles. The van der Waals surface area contributed by atoms with Crippen LogP contribution >= 0.6 is 0 Å². The molecule has 24 heavy (non-hydrogen) atoms. The second-order valence-corrected chi connectivity index (χ2v) is 4.37. The summed E-state index contributed by atoms with van der Waals surface area (Å²) in [6.07, 6.45) is 10.9. The summed E-state index contributed by atoms with van der Waals surface area (Å²) in [5, 5.41) is 0. The van der Waals surface area contributed by atoms with Crippen molar-refractivity contribution in [2.75, 3.05) is 0 Å². The van der Waals surface area contributed by atoms with Crippen molar-refractivity contribution in [2.24, 2.45) is 0 Å². The van der Waals surface area contributed by atoms with E-state index in [1.165, 1.54) is 6.42 Å². The molecule has 0 aliphatic heterocycles. The molecule has 0 unspecified atom stereocenters. The standard InChI is InChI=1S/C7H7.C6H5.C6H9.C4H9.Be/c1-7-5-3-2-4-6-7;1-2-4-6-5-3-1;1-3-5-6-4-2;1-3-4-2;/h2-6H,1H2;1-5H;3-5H,1-2H3;1,3-4H2,2H3;/q4*-1;+2/b;;5-3-;;. The van der Waals surface area contributed by atoms with Crippen LogP contribution in [0.15, 0.2) is 78.9 Å². The van der Waals surface area contributed by atoms with Gasteiger partial charge in [-0.3, -0.25) is 6.08 Å². The molecule has 0 atom stereocenters. The van der Waals surface area contributed by atoms with Crippen molar-refractivity contribution >= 4 is 10.1 Å². The summed E-state index contributed by atoms with van der Waals surface area (Å²) in [5.41, 5.74) is 1.07. The number of hydrogen-bond donors (Lipinski definition) is 0. The zero-order chi connectivity index (χ0) is 17.6. The summed E-state index contributed by atoms with van der Waals surface area (Å²) in [6, 6.07) is 22.4. The van der Waals surface area contributed by atoms with Gasteiger partial charge in [0.2, 0.25) is 0 Å². The van der Waals surface area contributed by atoms with Gasteiger partial charge in [0.25, 0.3) is 0 Å². The van der Waals surface area contributed by atoms with Gasteiger partial charge in [-0.1, -0.05) is 26.3 Å². The molecule has 0 saturated heterocycles. The zero-order valence-corrected chi connectivity index (χ0v) is 15.5. The Morgan fingerprint density at radius 1 is 1.00 bits per heavy atom. The van der Waals surface area contributed by atoms with Gasteiger partial charge >= 0.3 is 10.1 Å². The average Bonchev–Trinajstić information content (AvgIpc) is 2.63. The van der Waals surface area contributed by atoms with Crippen LogP contribution < -0.4 is 0 Å². The van der Waals surface area contributed by atoms with Crippen LogP contribution in [0.4, 0.5) is 0 Å². The Bertz CT molecular complexity index is 419. The maximum absolute atomic E-state index is 3.72. The molecule has 0 aliphatic carbocycles. The minimum absolute atomic E-state index is 0. The molecule has 0 bridgehead atoms. The van der Waals surface area contributed by atoms with Gasteiger partial charge in [-0.25, -0.2) is 12.2 Å². The van der Waals surface area contributed by atoms with Gasteiger partial charge in [-0.2, -0.15) is 73.5 Å². The van der Waals surface area contributed by atoms with E-state index in [0.717, 1.165) is 12.0 Å². The van der Waals surface area contributed by atoms with E-state index in [9.17, 15) is 0 Å². The maximum Gasteiger partial charge on any atom is 2.00 e. The van der Waals surface area contributed by atoms with Gasteiger partial charge in [0.1, 0.15) is 0 Å². The van der Waals surface area contributed by atoms with Crippen LogP contribution in [0.25, 0.3) is 0 Å². The zero-order valence-electron chi connectivity index (χ0n) is 15.5. The number of benzene rings is 2. The first-order valence-corrected chi connectivity index (χ1v) is 7.95. The van der Waals surface area contributed by atoms with Gasteiger partial charge in [0.15, 0.2) is 0 Å². The fourth-order valence-electron chi connectivity index (χ4n) is 1.01. The molecule has 0 amide bonds. The SMILES string of the molecule is CC=[C-]/C=C\C.[Be+2].[CH2-]CCC.[CH2-]c1ccccc1.[c-]1ccccc1. The molecule has 1 heteroatoms. The molecule has 0 heterocycles. The summed E-state index contributed by atoms with van der Waals surface area (Å²) in [5.74, 6) is 0. The first-order valence-electron chi connectivity index (χ1n) is 7.95. The van der Waals surface area contributed by atoms with E-state index < -0.39 is 0 Å². The van der Waals surface area contributed by atoms with Crippen LogP contribution in [0.2, 0.25) is 0 Å². The van der Waals surface area contributed by atoms with Crippen LogP contribution in [0.5, 0.6) is 0 Å². The molecule has 0 N–H and O–H groups in total. The molecule has 0 radical (unpaired) electrons. The molecular weight excluding hydrogens is 285 g/mol. The van der Waals surface area contributed by atoms with E-state index in [0.29, 0.717) is 0 Å². The topological polar surface area (TPSA) is 0 Å². The predicted octanol–water partition coefficient (Wildman–Crippen LogP) is 6.54. The molecular formula is C23H30Be-2.